The van der Waals surface area contributed by atoms with Gasteiger partial charge in [-0.05, 0) is 18.6 Å². The number of hydrogen-bond acceptors (Lipinski definition) is 2. The van der Waals surface area contributed by atoms with Gasteiger partial charge in [-0.1, -0.05) is 6.07 Å². The van der Waals surface area contributed by atoms with Crippen LogP contribution >= 0.6 is 11.6 Å². The van der Waals surface area contributed by atoms with Crippen molar-refractivity contribution in [2.24, 2.45) is 5.92 Å². The fourth-order valence-electron chi connectivity index (χ4n) is 1.69. The van der Waals surface area contributed by atoms with Gasteiger partial charge in [-0.2, -0.15) is 0 Å². The molecule has 0 radical (unpaired) electrons. The monoisotopic (exact) mass is 224 g/mol. The first-order valence-electron chi connectivity index (χ1n) is 4.99. The van der Waals surface area contributed by atoms with Crippen molar-refractivity contribution in [2.75, 3.05) is 19.0 Å². The quantitative estimate of drug-likeness (QED) is 0.717. The largest absolute Gasteiger partial charge is 0.337 e. The Bertz CT molecular complexity index is 375. The van der Waals surface area contributed by atoms with E-state index >= 15 is 0 Å². The number of nitrogens with zero attached hydrogens (tertiary/aromatic N) is 2. The third kappa shape index (κ3) is 1.97. The van der Waals surface area contributed by atoms with Crippen LogP contribution in [0.5, 0.6) is 0 Å². The first-order chi connectivity index (χ1) is 7.22. The zero-order chi connectivity index (χ0) is 10.8. The highest BCUT2D eigenvalue weighted by atomic mass is 35.5. The number of halogens is 1. The second kappa shape index (κ2) is 4.19. The Morgan fingerprint density at radius 2 is 2.40 bits per heavy atom. The van der Waals surface area contributed by atoms with Gasteiger partial charge in [-0.3, -0.25) is 9.78 Å². The van der Waals surface area contributed by atoms with Gasteiger partial charge < -0.3 is 4.90 Å². The van der Waals surface area contributed by atoms with Gasteiger partial charge >= 0.3 is 0 Å². The van der Waals surface area contributed by atoms with Crippen molar-refractivity contribution in [1.82, 2.24) is 9.88 Å². The van der Waals surface area contributed by atoms with Crippen LogP contribution in [0.1, 0.15) is 16.1 Å². The van der Waals surface area contributed by atoms with Gasteiger partial charge in [0.2, 0.25) is 0 Å². The molecule has 1 aliphatic heterocycles. The van der Waals surface area contributed by atoms with E-state index in [9.17, 15) is 4.79 Å². The maximum atomic E-state index is 11.9. The second-order valence-electron chi connectivity index (χ2n) is 3.90. The minimum Gasteiger partial charge on any atom is -0.337 e. The summed E-state index contributed by atoms with van der Waals surface area (Å²) >= 11 is 5.70. The standard InChI is InChI=1S/C11H13ClN2O/c1-8-3-2-4-13-10(8)11(15)14-6-9(5-12)7-14/h2-4,9H,5-7H2,1H3. The molecule has 0 bridgehead atoms. The van der Waals surface area contributed by atoms with Gasteiger partial charge in [0.05, 0.1) is 0 Å². The predicted octanol–water partition coefficient (Wildman–Crippen LogP) is 1.70. The molecule has 0 aliphatic carbocycles. The fraction of sp³-hybridized carbons (Fsp3) is 0.455. The zero-order valence-corrected chi connectivity index (χ0v) is 9.37. The van der Waals surface area contributed by atoms with Crippen LogP contribution in [0.2, 0.25) is 0 Å². The Labute approximate surface area is 94.1 Å². The number of amides is 1. The van der Waals surface area contributed by atoms with E-state index in [2.05, 4.69) is 4.98 Å². The molecule has 1 fully saturated rings. The van der Waals surface area contributed by atoms with Crippen LogP contribution < -0.4 is 0 Å². The molecule has 80 valence electrons. The van der Waals surface area contributed by atoms with Crippen LogP contribution in [0.15, 0.2) is 18.3 Å². The van der Waals surface area contributed by atoms with Gasteiger partial charge in [0.25, 0.3) is 5.91 Å². The Morgan fingerprint density at radius 3 is 3.00 bits per heavy atom. The molecule has 0 atom stereocenters. The van der Waals surface area contributed by atoms with E-state index in [0.29, 0.717) is 17.5 Å². The summed E-state index contributed by atoms with van der Waals surface area (Å²) in [6, 6.07) is 3.74. The molecule has 0 saturated carbocycles. The van der Waals surface area contributed by atoms with E-state index in [1.54, 1.807) is 11.1 Å². The number of hydrogen-bond donors (Lipinski definition) is 0. The number of carbonyl (C=O) groups is 1. The van der Waals surface area contributed by atoms with Crippen molar-refractivity contribution >= 4 is 17.5 Å². The van der Waals surface area contributed by atoms with E-state index in [1.165, 1.54) is 0 Å². The Morgan fingerprint density at radius 1 is 1.67 bits per heavy atom. The third-order valence-corrected chi connectivity index (χ3v) is 3.11. The number of pyridine rings is 1. The number of rotatable bonds is 2. The molecule has 0 N–H and O–H groups in total. The summed E-state index contributed by atoms with van der Waals surface area (Å²) < 4.78 is 0. The van der Waals surface area contributed by atoms with Crippen molar-refractivity contribution < 1.29 is 4.79 Å². The molecular formula is C11H13ClN2O. The maximum absolute atomic E-state index is 11.9. The average Bonchev–Trinajstić information content (AvgIpc) is 2.16. The Balaban J connectivity index is 2.07. The van der Waals surface area contributed by atoms with Gasteiger partial charge in [0.15, 0.2) is 0 Å². The van der Waals surface area contributed by atoms with Crippen molar-refractivity contribution in [1.29, 1.82) is 0 Å². The lowest BCUT2D eigenvalue weighted by molar-refractivity contribution is 0.0528. The van der Waals surface area contributed by atoms with Crippen LogP contribution in [0.4, 0.5) is 0 Å². The molecule has 0 unspecified atom stereocenters. The molecule has 1 aliphatic rings. The first-order valence-corrected chi connectivity index (χ1v) is 5.52. The van der Waals surface area contributed by atoms with Gasteiger partial charge in [-0.25, -0.2) is 0 Å². The van der Waals surface area contributed by atoms with Crippen molar-refractivity contribution in [3.05, 3.63) is 29.6 Å². The molecule has 15 heavy (non-hydrogen) atoms. The first kappa shape index (κ1) is 10.4. The van der Waals surface area contributed by atoms with E-state index in [4.69, 9.17) is 11.6 Å². The van der Waals surface area contributed by atoms with Gasteiger partial charge in [0, 0.05) is 31.1 Å². The highest BCUT2D eigenvalue weighted by Gasteiger charge is 2.31. The van der Waals surface area contributed by atoms with Crippen LogP contribution in [0, 0.1) is 12.8 Å². The summed E-state index contributed by atoms with van der Waals surface area (Å²) in [7, 11) is 0. The summed E-state index contributed by atoms with van der Waals surface area (Å²) in [5.74, 6) is 1.11. The minimum absolute atomic E-state index is 0.0227. The Kier molecular flexibility index (Phi) is 2.91. The van der Waals surface area contributed by atoms with Gasteiger partial charge in [0.1, 0.15) is 5.69 Å². The van der Waals surface area contributed by atoms with E-state index in [0.717, 1.165) is 18.7 Å². The molecule has 1 amide bonds. The summed E-state index contributed by atoms with van der Waals surface area (Å²) in [6.07, 6.45) is 1.65. The average molecular weight is 225 g/mol. The molecule has 3 nitrogen and oxygen atoms in total. The summed E-state index contributed by atoms with van der Waals surface area (Å²) in [4.78, 5) is 17.8. The normalized spacial score (nSPS) is 16.3. The van der Waals surface area contributed by atoms with Crippen molar-refractivity contribution in [2.45, 2.75) is 6.92 Å². The lowest BCUT2D eigenvalue weighted by Crippen LogP contribution is -2.51. The van der Waals surface area contributed by atoms with Gasteiger partial charge in [-0.15, -0.1) is 11.6 Å². The van der Waals surface area contributed by atoms with Crippen LogP contribution in [0.3, 0.4) is 0 Å². The predicted molar refractivity (Wildman–Crippen MR) is 59.1 cm³/mol. The SMILES string of the molecule is Cc1cccnc1C(=O)N1CC(CCl)C1. The molecule has 1 aromatic rings. The van der Waals surface area contributed by atoms with Crippen LogP contribution in [0.25, 0.3) is 0 Å². The lowest BCUT2D eigenvalue weighted by atomic mass is 10.0. The number of aromatic nitrogens is 1. The highest BCUT2D eigenvalue weighted by molar-refractivity contribution is 6.18. The van der Waals surface area contributed by atoms with Crippen molar-refractivity contribution in [3.63, 3.8) is 0 Å². The molecule has 2 heterocycles. The summed E-state index contributed by atoms with van der Waals surface area (Å²) in [5.41, 5.74) is 1.49. The number of carbonyl (C=O) groups excluding carboxylic acids is 1. The zero-order valence-electron chi connectivity index (χ0n) is 8.61. The topological polar surface area (TPSA) is 33.2 Å². The Hall–Kier alpha value is -1.09. The van der Waals surface area contributed by atoms with E-state index in [1.807, 2.05) is 19.1 Å². The molecule has 0 spiro atoms. The molecular weight excluding hydrogens is 212 g/mol. The lowest BCUT2D eigenvalue weighted by Gasteiger charge is -2.38. The van der Waals surface area contributed by atoms with E-state index < -0.39 is 0 Å². The number of aryl methyl sites for hydroxylation is 1. The number of likely N-dealkylation sites (tertiary alicyclic amines) is 1. The molecule has 1 saturated heterocycles. The minimum atomic E-state index is 0.0227. The molecule has 0 aromatic carbocycles. The van der Waals surface area contributed by atoms with Crippen LogP contribution in [-0.4, -0.2) is 34.8 Å². The van der Waals surface area contributed by atoms with E-state index in [-0.39, 0.29) is 5.91 Å². The molecule has 4 heteroatoms. The third-order valence-electron chi connectivity index (χ3n) is 2.67. The number of alkyl halides is 1. The molecule has 1 aromatic heterocycles. The fourth-order valence-corrected chi connectivity index (χ4v) is 1.89. The molecule has 2 rings (SSSR count). The van der Waals surface area contributed by atoms with Crippen molar-refractivity contribution in [3.8, 4) is 0 Å². The summed E-state index contributed by atoms with van der Waals surface area (Å²) in [6.45, 7) is 3.43. The van der Waals surface area contributed by atoms with Crippen LogP contribution in [-0.2, 0) is 0 Å². The second-order valence-corrected chi connectivity index (χ2v) is 4.21. The smallest absolute Gasteiger partial charge is 0.272 e. The maximum Gasteiger partial charge on any atom is 0.272 e. The highest BCUT2D eigenvalue weighted by Crippen LogP contribution is 2.19. The summed E-state index contributed by atoms with van der Waals surface area (Å²) in [5, 5.41) is 0.